The van der Waals surface area contributed by atoms with Crippen molar-refractivity contribution < 1.29 is 14.3 Å². The number of para-hydroxylation sites is 1. The summed E-state index contributed by atoms with van der Waals surface area (Å²) in [4.78, 5) is 29.1. The van der Waals surface area contributed by atoms with Crippen molar-refractivity contribution in [2.75, 3.05) is 26.2 Å². The van der Waals surface area contributed by atoms with Gasteiger partial charge in [-0.15, -0.1) is 0 Å². The van der Waals surface area contributed by atoms with Crippen LogP contribution in [0.1, 0.15) is 53.7 Å². The van der Waals surface area contributed by atoms with Gasteiger partial charge in [-0.05, 0) is 62.9 Å². The van der Waals surface area contributed by atoms with Gasteiger partial charge < -0.3 is 15.0 Å². The molecule has 0 unspecified atom stereocenters. The van der Waals surface area contributed by atoms with Crippen LogP contribution in [0.5, 0.6) is 5.75 Å². The summed E-state index contributed by atoms with van der Waals surface area (Å²) in [7, 11) is 0. The summed E-state index contributed by atoms with van der Waals surface area (Å²) >= 11 is 0. The number of nitrogens with zero attached hydrogens (tertiary/aromatic N) is 2. The van der Waals surface area contributed by atoms with Gasteiger partial charge >= 0.3 is 0 Å². The van der Waals surface area contributed by atoms with Crippen LogP contribution in [-0.2, 0) is 24.3 Å². The minimum Gasteiger partial charge on any atom is -0.487 e. The molecule has 1 N–H and O–H groups in total. The first-order valence-electron chi connectivity index (χ1n) is 12.0. The highest BCUT2D eigenvalue weighted by atomic mass is 16.5. The SMILES string of the molecule is CC1(C)Cc2cccc(CN3CCC(CNC(=O)CN4Cc5ccccc5C4=O)CC3)c2O1. The van der Waals surface area contributed by atoms with E-state index in [1.54, 1.807) is 4.90 Å². The van der Waals surface area contributed by atoms with E-state index in [0.29, 0.717) is 19.0 Å². The standard InChI is InChI=1S/C27H33N3O3/c1-27(2)14-20-7-5-8-22(25(20)33-27)16-29-12-10-19(11-13-29)15-28-24(31)18-30-17-21-6-3-4-9-23(21)26(30)32/h3-9,19H,10-18H2,1-2H3,(H,28,31). The van der Waals surface area contributed by atoms with Crippen LogP contribution in [0.2, 0.25) is 0 Å². The van der Waals surface area contributed by atoms with E-state index >= 15 is 0 Å². The van der Waals surface area contributed by atoms with Gasteiger partial charge in [-0.3, -0.25) is 14.5 Å². The van der Waals surface area contributed by atoms with E-state index in [1.807, 2.05) is 24.3 Å². The molecule has 2 amide bonds. The summed E-state index contributed by atoms with van der Waals surface area (Å²) < 4.78 is 6.23. The Morgan fingerprint density at radius 2 is 1.85 bits per heavy atom. The quantitative estimate of drug-likeness (QED) is 0.738. The van der Waals surface area contributed by atoms with Gasteiger partial charge in [0.2, 0.25) is 5.91 Å². The summed E-state index contributed by atoms with van der Waals surface area (Å²) in [5, 5.41) is 3.06. The van der Waals surface area contributed by atoms with Crippen LogP contribution in [0.3, 0.4) is 0 Å². The molecule has 6 heteroatoms. The average molecular weight is 448 g/mol. The van der Waals surface area contributed by atoms with Gasteiger partial charge in [0.25, 0.3) is 5.91 Å². The van der Waals surface area contributed by atoms with Crippen LogP contribution in [0.15, 0.2) is 42.5 Å². The van der Waals surface area contributed by atoms with E-state index in [9.17, 15) is 9.59 Å². The third-order valence-electron chi connectivity index (χ3n) is 7.09. The molecular formula is C27H33N3O3. The fourth-order valence-electron chi connectivity index (χ4n) is 5.32. The van der Waals surface area contributed by atoms with Gasteiger partial charge in [0.15, 0.2) is 0 Å². The molecule has 2 aromatic rings. The zero-order chi connectivity index (χ0) is 23.0. The summed E-state index contributed by atoms with van der Waals surface area (Å²) in [5.74, 6) is 1.44. The maximum absolute atomic E-state index is 12.5. The third-order valence-corrected chi connectivity index (χ3v) is 7.09. The van der Waals surface area contributed by atoms with Crippen molar-refractivity contribution in [3.05, 3.63) is 64.7 Å². The van der Waals surface area contributed by atoms with Crippen LogP contribution in [0.25, 0.3) is 0 Å². The van der Waals surface area contributed by atoms with E-state index in [1.165, 1.54) is 11.1 Å². The second kappa shape index (κ2) is 8.82. The molecule has 3 heterocycles. The lowest BCUT2D eigenvalue weighted by molar-refractivity contribution is -0.122. The molecule has 0 radical (unpaired) electrons. The Hall–Kier alpha value is -2.86. The molecule has 1 saturated heterocycles. The maximum atomic E-state index is 12.5. The molecule has 33 heavy (non-hydrogen) atoms. The van der Waals surface area contributed by atoms with E-state index in [0.717, 1.165) is 55.8 Å². The molecule has 3 aliphatic rings. The largest absolute Gasteiger partial charge is 0.487 e. The highest BCUT2D eigenvalue weighted by Gasteiger charge is 2.32. The van der Waals surface area contributed by atoms with Crippen molar-refractivity contribution in [1.82, 2.24) is 15.1 Å². The van der Waals surface area contributed by atoms with Gasteiger partial charge in [-0.2, -0.15) is 0 Å². The number of rotatable bonds is 6. The second-order valence-electron chi connectivity index (χ2n) is 10.3. The highest BCUT2D eigenvalue weighted by molar-refractivity contribution is 6.00. The number of carbonyl (C=O) groups is 2. The van der Waals surface area contributed by atoms with Gasteiger partial charge in [-0.1, -0.05) is 36.4 Å². The minimum atomic E-state index is -0.119. The van der Waals surface area contributed by atoms with Crippen LogP contribution >= 0.6 is 0 Å². The molecule has 1 fully saturated rings. The molecule has 5 rings (SSSR count). The molecule has 174 valence electrons. The number of carbonyl (C=O) groups excluding carboxylic acids is 2. The molecule has 0 aliphatic carbocycles. The molecule has 2 aromatic carbocycles. The first-order chi connectivity index (χ1) is 15.9. The van der Waals surface area contributed by atoms with Crippen molar-refractivity contribution in [2.45, 2.75) is 51.8 Å². The number of ether oxygens (including phenoxy) is 1. The first-order valence-corrected chi connectivity index (χ1v) is 12.0. The lowest BCUT2D eigenvalue weighted by Crippen LogP contribution is -2.42. The molecule has 6 nitrogen and oxygen atoms in total. The van der Waals surface area contributed by atoms with Gasteiger partial charge in [0.05, 0.1) is 0 Å². The van der Waals surface area contributed by atoms with Gasteiger partial charge in [0.1, 0.15) is 17.9 Å². The molecule has 0 atom stereocenters. The summed E-state index contributed by atoms with van der Waals surface area (Å²) in [5.41, 5.74) is 4.19. The normalized spacial score (nSPS) is 19.8. The Morgan fingerprint density at radius 1 is 1.09 bits per heavy atom. The Bertz CT molecular complexity index is 1060. The molecule has 0 aromatic heterocycles. The fourth-order valence-corrected chi connectivity index (χ4v) is 5.32. The minimum absolute atomic E-state index is 0.0474. The zero-order valence-corrected chi connectivity index (χ0v) is 19.6. The van der Waals surface area contributed by atoms with Crippen molar-refractivity contribution in [1.29, 1.82) is 0 Å². The second-order valence-corrected chi connectivity index (χ2v) is 10.3. The van der Waals surface area contributed by atoms with E-state index < -0.39 is 0 Å². The van der Waals surface area contributed by atoms with Crippen molar-refractivity contribution in [3.63, 3.8) is 0 Å². The fraction of sp³-hybridized carbons (Fsp3) is 0.481. The van der Waals surface area contributed by atoms with Crippen molar-refractivity contribution in [2.24, 2.45) is 5.92 Å². The topological polar surface area (TPSA) is 61.9 Å². The zero-order valence-electron chi connectivity index (χ0n) is 19.6. The van der Waals surface area contributed by atoms with Crippen molar-refractivity contribution >= 4 is 11.8 Å². The number of hydrogen-bond acceptors (Lipinski definition) is 4. The number of hydrogen-bond donors (Lipinski definition) is 1. The lowest BCUT2D eigenvalue weighted by atomic mass is 9.96. The molecule has 0 spiro atoms. The molecule has 0 bridgehead atoms. The van der Waals surface area contributed by atoms with Crippen LogP contribution < -0.4 is 10.1 Å². The smallest absolute Gasteiger partial charge is 0.254 e. The molecule has 0 saturated carbocycles. The Kier molecular flexibility index (Phi) is 5.87. The van der Waals surface area contributed by atoms with Crippen molar-refractivity contribution in [3.8, 4) is 5.75 Å². The number of amides is 2. The Morgan fingerprint density at radius 3 is 2.64 bits per heavy atom. The number of benzene rings is 2. The molecule has 3 aliphatic heterocycles. The van der Waals surface area contributed by atoms with E-state index in [2.05, 4.69) is 42.3 Å². The maximum Gasteiger partial charge on any atom is 0.254 e. The monoisotopic (exact) mass is 447 g/mol. The van der Waals surface area contributed by atoms with Gasteiger partial charge in [-0.25, -0.2) is 0 Å². The van der Waals surface area contributed by atoms with Crippen LogP contribution in [-0.4, -0.2) is 53.4 Å². The summed E-state index contributed by atoms with van der Waals surface area (Å²) in [6.07, 6.45) is 3.10. The third kappa shape index (κ3) is 4.76. The number of fused-ring (bicyclic) bond motifs is 2. The van der Waals surface area contributed by atoms with Gasteiger partial charge in [0, 0.05) is 37.2 Å². The number of nitrogens with one attached hydrogen (secondary N) is 1. The van der Waals surface area contributed by atoms with Crippen LogP contribution in [0, 0.1) is 5.92 Å². The van der Waals surface area contributed by atoms with E-state index in [-0.39, 0.29) is 24.0 Å². The predicted octanol–water partition coefficient (Wildman–Crippen LogP) is 3.38. The predicted molar refractivity (Wildman–Crippen MR) is 127 cm³/mol. The number of piperidine rings is 1. The number of likely N-dealkylation sites (tertiary alicyclic amines) is 1. The first kappa shape index (κ1) is 22.0. The van der Waals surface area contributed by atoms with Crippen LogP contribution in [0.4, 0.5) is 0 Å². The average Bonchev–Trinajstić information content (AvgIpc) is 3.29. The summed E-state index contributed by atoms with van der Waals surface area (Å²) in [6, 6.07) is 14.1. The van der Waals surface area contributed by atoms with E-state index in [4.69, 9.17) is 4.74 Å². The summed E-state index contributed by atoms with van der Waals surface area (Å²) in [6.45, 7) is 8.58. The Balaban J connectivity index is 1.06. The molecular weight excluding hydrogens is 414 g/mol. The Labute approximate surface area is 195 Å². The highest BCUT2D eigenvalue weighted by Crippen LogP contribution is 2.38. The lowest BCUT2D eigenvalue weighted by Gasteiger charge is -2.32.